The summed E-state index contributed by atoms with van der Waals surface area (Å²) < 4.78 is 5.27. The van der Waals surface area contributed by atoms with Crippen LogP contribution in [-0.2, 0) is 13.1 Å². The highest BCUT2D eigenvalue weighted by Gasteiger charge is 2.06. The Morgan fingerprint density at radius 3 is 2.35 bits per heavy atom. The molecule has 0 saturated heterocycles. The van der Waals surface area contributed by atoms with E-state index in [9.17, 15) is 0 Å². The molecule has 3 heteroatoms. The molecule has 0 aliphatic heterocycles. The number of halogens is 1. The Balaban J connectivity index is 2.02. The Kier molecular flexibility index (Phi) is 5.45. The van der Waals surface area contributed by atoms with Crippen LogP contribution in [0.4, 0.5) is 0 Å². The normalized spacial score (nSPS) is 10.8. The van der Waals surface area contributed by atoms with Crippen molar-refractivity contribution in [1.29, 1.82) is 0 Å². The molecular formula is C17H20ClNO. The van der Waals surface area contributed by atoms with Gasteiger partial charge < -0.3 is 4.74 Å². The molecule has 2 aromatic rings. The lowest BCUT2D eigenvalue weighted by Crippen LogP contribution is -2.22. The Morgan fingerprint density at radius 1 is 1.00 bits per heavy atom. The van der Waals surface area contributed by atoms with Gasteiger partial charge in [-0.1, -0.05) is 42.8 Å². The summed E-state index contributed by atoms with van der Waals surface area (Å²) in [6.07, 6.45) is 0. The van der Waals surface area contributed by atoms with Gasteiger partial charge in [0.15, 0.2) is 0 Å². The fourth-order valence-corrected chi connectivity index (χ4v) is 2.28. The Labute approximate surface area is 125 Å². The molecule has 2 nitrogen and oxygen atoms in total. The van der Waals surface area contributed by atoms with Crippen LogP contribution in [0.5, 0.6) is 5.75 Å². The molecule has 0 aromatic heterocycles. The van der Waals surface area contributed by atoms with Gasteiger partial charge in [-0.15, -0.1) is 0 Å². The number of hydrogen-bond donors (Lipinski definition) is 0. The summed E-state index contributed by atoms with van der Waals surface area (Å²) in [7, 11) is 1.70. The lowest BCUT2D eigenvalue weighted by atomic mass is 10.1. The zero-order valence-electron chi connectivity index (χ0n) is 12.0. The average molecular weight is 290 g/mol. The predicted octanol–water partition coefficient (Wildman–Crippen LogP) is 4.37. The van der Waals surface area contributed by atoms with Crippen LogP contribution < -0.4 is 4.74 Å². The van der Waals surface area contributed by atoms with E-state index in [0.717, 1.165) is 30.4 Å². The molecule has 106 valence electrons. The lowest BCUT2D eigenvalue weighted by Gasteiger charge is -2.21. The minimum atomic E-state index is 0.782. The highest BCUT2D eigenvalue weighted by Crippen LogP contribution is 2.16. The molecule has 20 heavy (non-hydrogen) atoms. The topological polar surface area (TPSA) is 12.5 Å². The summed E-state index contributed by atoms with van der Waals surface area (Å²) >= 11 is 5.92. The van der Waals surface area contributed by atoms with Crippen molar-refractivity contribution < 1.29 is 4.74 Å². The monoisotopic (exact) mass is 289 g/mol. The second-order valence-electron chi connectivity index (χ2n) is 4.78. The fourth-order valence-electron chi connectivity index (χ4n) is 2.16. The highest BCUT2D eigenvalue weighted by atomic mass is 35.5. The van der Waals surface area contributed by atoms with Crippen LogP contribution in [0.3, 0.4) is 0 Å². The minimum Gasteiger partial charge on any atom is -0.497 e. The van der Waals surface area contributed by atoms with Crippen LogP contribution in [0.1, 0.15) is 18.1 Å². The Hall–Kier alpha value is -1.51. The first kappa shape index (κ1) is 14.9. The third-order valence-corrected chi connectivity index (χ3v) is 3.56. The lowest BCUT2D eigenvalue weighted by molar-refractivity contribution is 0.271. The molecule has 0 unspecified atom stereocenters. The molecule has 2 aromatic carbocycles. The molecule has 0 amide bonds. The van der Waals surface area contributed by atoms with Gasteiger partial charge in [-0.05, 0) is 41.9 Å². The first-order valence-corrected chi connectivity index (χ1v) is 7.18. The number of benzene rings is 2. The van der Waals surface area contributed by atoms with Crippen LogP contribution in [-0.4, -0.2) is 18.6 Å². The largest absolute Gasteiger partial charge is 0.497 e. The van der Waals surface area contributed by atoms with Crippen molar-refractivity contribution in [3.8, 4) is 5.75 Å². The Bertz CT molecular complexity index is 539. The maximum Gasteiger partial charge on any atom is 0.119 e. The summed E-state index contributed by atoms with van der Waals surface area (Å²) in [6.45, 7) is 5.01. The number of methoxy groups -OCH3 is 1. The molecule has 0 spiro atoms. The third-order valence-electron chi connectivity index (χ3n) is 3.31. The van der Waals surface area contributed by atoms with E-state index in [2.05, 4.69) is 36.1 Å². The van der Waals surface area contributed by atoms with Crippen molar-refractivity contribution in [1.82, 2.24) is 4.90 Å². The molecule has 0 bridgehead atoms. The minimum absolute atomic E-state index is 0.782. The summed E-state index contributed by atoms with van der Waals surface area (Å²) in [4.78, 5) is 2.39. The Morgan fingerprint density at radius 2 is 1.70 bits per heavy atom. The van der Waals surface area contributed by atoms with Gasteiger partial charge in [0.05, 0.1) is 7.11 Å². The van der Waals surface area contributed by atoms with Crippen molar-refractivity contribution in [2.24, 2.45) is 0 Å². The smallest absolute Gasteiger partial charge is 0.119 e. The van der Waals surface area contributed by atoms with E-state index >= 15 is 0 Å². The van der Waals surface area contributed by atoms with Gasteiger partial charge in [-0.3, -0.25) is 4.90 Å². The predicted molar refractivity (Wildman–Crippen MR) is 84.2 cm³/mol. The van der Waals surface area contributed by atoms with E-state index < -0.39 is 0 Å². The SMILES string of the molecule is CCN(Cc1ccc(Cl)cc1)Cc1cccc(OC)c1. The molecule has 0 heterocycles. The maximum absolute atomic E-state index is 5.92. The second-order valence-corrected chi connectivity index (χ2v) is 5.22. The van der Waals surface area contributed by atoms with Crippen LogP contribution in [0.25, 0.3) is 0 Å². The van der Waals surface area contributed by atoms with Gasteiger partial charge in [0, 0.05) is 18.1 Å². The summed E-state index contributed by atoms with van der Waals surface area (Å²) in [6, 6.07) is 16.3. The van der Waals surface area contributed by atoms with Gasteiger partial charge in [0.1, 0.15) is 5.75 Å². The molecule has 0 aliphatic carbocycles. The standard InChI is InChI=1S/C17H20ClNO/c1-3-19(12-14-7-9-16(18)10-8-14)13-15-5-4-6-17(11-15)20-2/h4-11H,3,12-13H2,1-2H3. The van der Waals surface area contributed by atoms with Gasteiger partial charge in [0.2, 0.25) is 0 Å². The first-order valence-electron chi connectivity index (χ1n) is 6.81. The third kappa shape index (κ3) is 4.26. The van der Waals surface area contributed by atoms with Crippen molar-refractivity contribution >= 4 is 11.6 Å². The second kappa shape index (κ2) is 7.32. The summed E-state index contributed by atoms with van der Waals surface area (Å²) in [5.41, 5.74) is 2.54. The van der Waals surface area contributed by atoms with E-state index in [4.69, 9.17) is 16.3 Å². The van der Waals surface area contributed by atoms with Crippen molar-refractivity contribution in [3.05, 3.63) is 64.7 Å². The zero-order valence-corrected chi connectivity index (χ0v) is 12.7. The van der Waals surface area contributed by atoms with Crippen LogP contribution in [0.2, 0.25) is 5.02 Å². The van der Waals surface area contributed by atoms with E-state index in [1.807, 2.05) is 24.3 Å². The van der Waals surface area contributed by atoms with Gasteiger partial charge in [-0.25, -0.2) is 0 Å². The van der Waals surface area contributed by atoms with Crippen molar-refractivity contribution in [3.63, 3.8) is 0 Å². The molecule has 0 radical (unpaired) electrons. The van der Waals surface area contributed by atoms with E-state index in [-0.39, 0.29) is 0 Å². The first-order chi connectivity index (χ1) is 9.71. The number of nitrogens with zero attached hydrogens (tertiary/aromatic N) is 1. The number of hydrogen-bond acceptors (Lipinski definition) is 2. The summed E-state index contributed by atoms with van der Waals surface area (Å²) in [5, 5.41) is 0.782. The van der Waals surface area contributed by atoms with Crippen molar-refractivity contribution in [2.75, 3.05) is 13.7 Å². The van der Waals surface area contributed by atoms with Crippen molar-refractivity contribution in [2.45, 2.75) is 20.0 Å². The van der Waals surface area contributed by atoms with Crippen LogP contribution in [0, 0.1) is 0 Å². The van der Waals surface area contributed by atoms with Gasteiger partial charge in [-0.2, -0.15) is 0 Å². The molecule has 0 atom stereocenters. The molecular weight excluding hydrogens is 270 g/mol. The van der Waals surface area contributed by atoms with Gasteiger partial charge >= 0.3 is 0 Å². The number of ether oxygens (including phenoxy) is 1. The van der Waals surface area contributed by atoms with E-state index in [0.29, 0.717) is 0 Å². The zero-order chi connectivity index (χ0) is 14.4. The molecule has 0 fully saturated rings. The fraction of sp³-hybridized carbons (Fsp3) is 0.294. The molecule has 0 N–H and O–H groups in total. The van der Waals surface area contributed by atoms with Crippen LogP contribution >= 0.6 is 11.6 Å². The van der Waals surface area contributed by atoms with Gasteiger partial charge in [0.25, 0.3) is 0 Å². The van der Waals surface area contributed by atoms with E-state index in [1.54, 1.807) is 7.11 Å². The average Bonchev–Trinajstić information content (AvgIpc) is 2.49. The molecule has 0 aliphatic rings. The quantitative estimate of drug-likeness (QED) is 0.783. The van der Waals surface area contributed by atoms with Crippen LogP contribution in [0.15, 0.2) is 48.5 Å². The highest BCUT2D eigenvalue weighted by molar-refractivity contribution is 6.30. The summed E-state index contributed by atoms with van der Waals surface area (Å²) in [5.74, 6) is 0.907. The molecule has 2 rings (SSSR count). The number of rotatable bonds is 6. The molecule has 0 saturated carbocycles. The maximum atomic E-state index is 5.92. The van der Waals surface area contributed by atoms with E-state index in [1.165, 1.54) is 11.1 Å².